The molecule has 0 saturated heterocycles. The molecular weight excluding hydrogens is 223 g/mol. The van der Waals surface area contributed by atoms with Crippen LogP contribution in [0.25, 0.3) is 0 Å². The Hall–Kier alpha value is 1.08. The Morgan fingerprint density at radius 2 is 2.30 bits per heavy atom. The van der Waals surface area contributed by atoms with Crippen molar-refractivity contribution in [1.82, 2.24) is 5.32 Å². The molecule has 0 fully saturated rings. The van der Waals surface area contributed by atoms with Crippen molar-refractivity contribution in [2.24, 2.45) is 0 Å². The van der Waals surface area contributed by atoms with Crippen LogP contribution in [0.2, 0.25) is 0 Å². The van der Waals surface area contributed by atoms with Crippen molar-refractivity contribution in [3.63, 3.8) is 0 Å². The van der Waals surface area contributed by atoms with Gasteiger partial charge in [-0.3, -0.25) is 0 Å². The molecule has 0 bridgehead atoms. The summed E-state index contributed by atoms with van der Waals surface area (Å²) in [4.78, 5) is 10.0. The van der Waals surface area contributed by atoms with Gasteiger partial charge in [0.1, 0.15) is 0 Å². The second-order valence-corrected chi connectivity index (χ2v) is 2.73. The first kappa shape index (κ1) is 13.7. The summed E-state index contributed by atoms with van der Waals surface area (Å²) in [5.41, 5.74) is 0. The van der Waals surface area contributed by atoms with E-state index in [4.69, 9.17) is 0 Å². The molecule has 0 rings (SSSR count). The molecule has 0 amide bonds. The van der Waals surface area contributed by atoms with Gasteiger partial charge in [-0.25, -0.2) is 6.29 Å². The average Bonchev–Trinajstić information content (AvgIpc) is 1.91. The van der Waals surface area contributed by atoms with Gasteiger partial charge in [0.25, 0.3) is 0 Å². The summed E-state index contributed by atoms with van der Waals surface area (Å²) in [6, 6.07) is -0.0718. The van der Waals surface area contributed by atoms with Crippen LogP contribution >= 0.6 is 11.8 Å². The second kappa shape index (κ2) is 10.1. The zero-order valence-electron chi connectivity index (χ0n) is 6.39. The second-order valence-electron chi connectivity index (χ2n) is 1.74. The smallest absolute Gasteiger partial charge is 0 e. The Bertz CT molecular complexity index is 82.1. The molecule has 0 aromatic rings. The van der Waals surface area contributed by atoms with E-state index in [2.05, 4.69) is 5.32 Å². The van der Waals surface area contributed by atoms with Crippen molar-refractivity contribution in [3.8, 4) is 0 Å². The number of likely N-dealkylation sites (N-methyl/N-ethyl adjacent to an activating group) is 1. The van der Waals surface area contributed by atoms with Crippen LogP contribution in [-0.2, 0) is 37.5 Å². The maximum absolute atomic E-state index is 10.0. The Labute approximate surface area is 91.8 Å². The summed E-state index contributed by atoms with van der Waals surface area (Å²) in [5.74, 6) is 1.01. The van der Waals surface area contributed by atoms with Crippen LogP contribution in [-0.4, -0.2) is 31.4 Å². The zero-order chi connectivity index (χ0) is 7.11. The molecule has 57 valence electrons. The summed E-state index contributed by atoms with van der Waals surface area (Å²) in [6.45, 7) is 0. The molecule has 0 spiro atoms. The molecule has 0 aromatic carbocycles. The first-order valence-corrected chi connectivity index (χ1v) is 4.28. The van der Waals surface area contributed by atoms with E-state index in [1.165, 1.54) is 0 Å². The third-order valence-electron chi connectivity index (χ3n) is 1.10. The summed E-state index contributed by atoms with van der Waals surface area (Å²) >= 11 is 1.74. The molecule has 1 N–H and O–H groups in total. The molecule has 0 aliphatic heterocycles. The molecule has 1 atom stereocenters. The minimum Gasteiger partial charge on any atom is -0.540 e. The zero-order valence-corrected chi connectivity index (χ0v) is 10.0. The van der Waals surface area contributed by atoms with Crippen LogP contribution in [0.15, 0.2) is 0 Å². The molecule has 0 unspecified atom stereocenters. The predicted octanol–water partition coefficient (Wildman–Crippen LogP) is 0.435. The van der Waals surface area contributed by atoms with E-state index in [1.54, 1.807) is 18.8 Å². The minimum atomic E-state index is -0.0718. The van der Waals surface area contributed by atoms with Crippen LogP contribution in [0.3, 0.4) is 0 Å². The van der Waals surface area contributed by atoms with Gasteiger partial charge in [-0.05, 0) is 19.1 Å². The van der Waals surface area contributed by atoms with Crippen molar-refractivity contribution >= 4 is 18.0 Å². The predicted molar refractivity (Wildman–Crippen MR) is 41.5 cm³/mol. The number of nitrogens with one attached hydrogen (secondary N) is 1. The van der Waals surface area contributed by atoms with Gasteiger partial charge < -0.3 is 10.1 Å². The van der Waals surface area contributed by atoms with E-state index in [1.807, 2.05) is 12.5 Å². The summed E-state index contributed by atoms with van der Waals surface area (Å²) < 4.78 is 0. The molecule has 0 heterocycles. The number of rotatable bonds is 5. The van der Waals surface area contributed by atoms with Crippen molar-refractivity contribution in [1.29, 1.82) is 0 Å². The van der Waals surface area contributed by atoms with Crippen LogP contribution in [0.4, 0.5) is 0 Å². The Kier molecular flexibility index (Phi) is 13.8. The van der Waals surface area contributed by atoms with Crippen molar-refractivity contribution in [3.05, 3.63) is 0 Å². The van der Waals surface area contributed by atoms with Crippen LogP contribution in [0.1, 0.15) is 6.42 Å². The van der Waals surface area contributed by atoms with E-state index >= 15 is 0 Å². The molecule has 0 aliphatic carbocycles. The summed E-state index contributed by atoms with van der Waals surface area (Å²) in [5, 5.41) is 2.85. The molecule has 2 nitrogen and oxygen atoms in total. The fourth-order valence-electron chi connectivity index (χ4n) is 0.498. The topological polar surface area (TPSA) is 29.1 Å². The number of hydrogen-bond acceptors (Lipinski definition) is 3. The maximum Gasteiger partial charge on any atom is 0 e. The van der Waals surface area contributed by atoms with E-state index in [-0.39, 0.29) is 38.8 Å². The Balaban J connectivity index is 0. The molecule has 0 saturated carbocycles. The van der Waals surface area contributed by atoms with Crippen molar-refractivity contribution < 1.29 is 37.5 Å². The van der Waals surface area contributed by atoms with Crippen LogP contribution < -0.4 is 5.32 Å². The summed E-state index contributed by atoms with van der Waals surface area (Å²) in [6.07, 6.45) is 4.81. The largest absolute Gasteiger partial charge is 0.540 e. The molecule has 0 aromatic heterocycles. The molecule has 0 aliphatic rings. The molecular formula is C6H12NOSY-. The van der Waals surface area contributed by atoms with E-state index in [9.17, 15) is 4.79 Å². The van der Waals surface area contributed by atoms with Gasteiger partial charge in [0.2, 0.25) is 0 Å². The molecule has 4 heteroatoms. The van der Waals surface area contributed by atoms with E-state index in [0.29, 0.717) is 0 Å². The van der Waals surface area contributed by atoms with E-state index in [0.717, 1.165) is 12.2 Å². The maximum atomic E-state index is 10.0. The quantitative estimate of drug-likeness (QED) is 0.701. The third kappa shape index (κ3) is 7.19. The first-order valence-electron chi connectivity index (χ1n) is 2.89. The van der Waals surface area contributed by atoms with Gasteiger partial charge in [0, 0.05) is 32.7 Å². The van der Waals surface area contributed by atoms with Crippen molar-refractivity contribution in [2.75, 3.05) is 19.1 Å². The van der Waals surface area contributed by atoms with E-state index < -0.39 is 0 Å². The van der Waals surface area contributed by atoms with Crippen LogP contribution in [0, 0.1) is 0 Å². The SMILES string of the molecule is CN[C@H]([C-]=O)CCSC.[Y]. The summed E-state index contributed by atoms with van der Waals surface area (Å²) in [7, 11) is 1.77. The monoisotopic (exact) mass is 235 g/mol. The Morgan fingerprint density at radius 1 is 1.70 bits per heavy atom. The van der Waals surface area contributed by atoms with Gasteiger partial charge >= 0.3 is 0 Å². The fraction of sp³-hybridized carbons (Fsp3) is 0.833. The average molecular weight is 235 g/mol. The standard InChI is InChI=1S/C6H12NOS.Y/c1-7-6(5-8)3-4-9-2;/h6-7H,3-4H2,1-2H3;/q-1;/t6-;/m0./s1. The van der Waals surface area contributed by atoms with Gasteiger partial charge in [0.15, 0.2) is 0 Å². The van der Waals surface area contributed by atoms with Crippen molar-refractivity contribution in [2.45, 2.75) is 12.5 Å². The van der Waals surface area contributed by atoms with Gasteiger partial charge in [-0.15, -0.1) is 0 Å². The minimum absolute atomic E-state index is 0. The van der Waals surface area contributed by atoms with Crippen LogP contribution in [0.5, 0.6) is 0 Å². The van der Waals surface area contributed by atoms with Gasteiger partial charge in [0.05, 0.1) is 0 Å². The Morgan fingerprint density at radius 3 is 2.60 bits per heavy atom. The molecule has 1 radical (unpaired) electrons. The number of hydrogen-bond donors (Lipinski definition) is 1. The number of carbonyl (C=O) groups excluding carboxylic acids is 1. The van der Waals surface area contributed by atoms with Gasteiger partial charge in [-0.1, -0.05) is 12.5 Å². The fourth-order valence-corrected chi connectivity index (χ4v) is 0.969. The normalized spacial score (nSPS) is 11.8. The molecule has 10 heavy (non-hydrogen) atoms. The third-order valence-corrected chi connectivity index (χ3v) is 1.75. The number of thioether (sulfide) groups is 1. The van der Waals surface area contributed by atoms with Gasteiger partial charge in [-0.2, -0.15) is 11.8 Å². The first-order chi connectivity index (χ1) is 4.35.